The molecule has 0 aliphatic heterocycles. The smallest absolute Gasteiger partial charge is 0.348 e. The molecular weight excluding hydrogens is 321 g/mol. The molecule has 0 atom stereocenters. The van der Waals surface area contributed by atoms with E-state index in [1.54, 1.807) is 11.3 Å². The van der Waals surface area contributed by atoms with Crippen molar-refractivity contribution in [3.05, 3.63) is 45.2 Å². The predicted octanol–water partition coefficient (Wildman–Crippen LogP) is 4.98. The summed E-state index contributed by atoms with van der Waals surface area (Å²) in [6.07, 6.45) is -2.47. The fraction of sp³-hybridized carbons (Fsp3) is 0.357. The van der Waals surface area contributed by atoms with Crippen LogP contribution in [0.3, 0.4) is 0 Å². The van der Waals surface area contributed by atoms with Crippen LogP contribution in [0.15, 0.2) is 29.6 Å². The minimum Gasteiger partial charge on any atom is -0.348 e. The Kier molecular flexibility index (Phi) is 3.84. The molecule has 1 fully saturated rings. The SMILES string of the molecule is FC(F)(F)c1cc(Cl)nc(N(Cc2cccs2)C2CC2)c1. The maximum Gasteiger partial charge on any atom is 0.416 e. The highest BCUT2D eigenvalue weighted by Crippen LogP contribution is 2.37. The van der Waals surface area contributed by atoms with Gasteiger partial charge in [-0.15, -0.1) is 11.3 Å². The largest absolute Gasteiger partial charge is 0.416 e. The summed E-state index contributed by atoms with van der Waals surface area (Å²) in [4.78, 5) is 7.09. The Bertz CT molecular complexity index is 624. The Balaban J connectivity index is 1.94. The lowest BCUT2D eigenvalue weighted by atomic mass is 10.2. The Morgan fingerprint density at radius 1 is 1.33 bits per heavy atom. The van der Waals surface area contributed by atoms with E-state index < -0.39 is 11.7 Å². The van der Waals surface area contributed by atoms with Gasteiger partial charge in [0.25, 0.3) is 0 Å². The molecule has 1 aliphatic rings. The van der Waals surface area contributed by atoms with Gasteiger partial charge in [0.05, 0.1) is 12.1 Å². The van der Waals surface area contributed by atoms with Crippen molar-refractivity contribution in [3.63, 3.8) is 0 Å². The van der Waals surface area contributed by atoms with Crippen molar-refractivity contribution in [2.75, 3.05) is 4.90 Å². The van der Waals surface area contributed by atoms with Gasteiger partial charge in [-0.2, -0.15) is 13.2 Å². The number of anilines is 1. The number of hydrogen-bond donors (Lipinski definition) is 0. The van der Waals surface area contributed by atoms with Crippen LogP contribution in [0.2, 0.25) is 5.15 Å². The van der Waals surface area contributed by atoms with Crippen LogP contribution in [-0.4, -0.2) is 11.0 Å². The number of alkyl halides is 3. The van der Waals surface area contributed by atoms with E-state index in [9.17, 15) is 13.2 Å². The van der Waals surface area contributed by atoms with Crippen molar-refractivity contribution in [1.29, 1.82) is 0 Å². The minimum absolute atomic E-state index is 0.128. The quantitative estimate of drug-likeness (QED) is 0.734. The summed E-state index contributed by atoms with van der Waals surface area (Å²) in [6.45, 7) is 0.562. The first-order valence-corrected chi connectivity index (χ1v) is 7.73. The number of hydrogen-bond acceptors (Lipinski definition) is 3. The summed E-state index contributed by atoms with van der Waals surface area (Å²) >= 11 is 7.35. The number of pyridine rings is 1. The molecule has 0 spiro atoms. The standard InChI is InChI=1S/C14H12ClF3N2S/c15-12-6-9(14(16,17)18)7-13(19-12)20(10-3-4-10)8-11-2-1-5-21-11/h1-2,5-7,10H,3-4,8H2. The lowest BCUT2D eigenvalue weighted by molar-refractivity contribution is -0.137. The zero-order valence-electron chi connectivity index (χ0n) is 10.9. The van der Waals surface area contributed by atoms with Gasteiger partial charge in [0, 0.05) is 10.9 Å². The van der Waals surface area contributed by atoms with Gasteiger partial charge in [0.2, 0.25) is 0 Å². The number of aromatic nitrogens is 1. The van der Waals surface area contributed by atoms with Gasteiger partial charge in [0.1, 0.15) is 11.0 Å². The molecule has 7 heteroatoms. The molecule has 0 saturated heterocycles. The van der Waals surface area contributed by atoms with Crippen LogP contribution in [0.5, 0.6) is 0 Å². The van der Waals surface area contributed by atoms with E-state index in [-0.39, 0.29) is 11.2 Å². The highest BCUT2D eigenvalue weighted by atomic mass is 35.5. The first-order valence-electron chi connectivity index (χ1n) is 6.47. The summed E-state index contributed by atoms with van der Waals surface area (Å²) < 4.78 is 38.7. The summed E-state index contributed by atoms with van der Waals surface area (Å²) in [7, 11) is 0. The molecule has 2 aromatic heterocycles. The summed E-state index contributed by atoms with van der Waals surface area (Å²) in [5.74, 6) is 0.297. The van der Waals surface area contributed by atoms with Gasteiger partial charge in [-0.25, -0.2) is 4.98 Å². The lowest BCUT2D eigenvalue weighted by Crippen LogP contribution is -2.26. The van der Waals surface area contributed by atoms with E-state index >= 15 is 0 Å². The Hall–Kier alpha value is -1.27. The molecule has 1 saturated carbocycles. The average molecular weight is 333 g/mol. The molecule has 0 amide bonds. The number of nitrogens with zero attached hydrogens (tertiary/aromatic N) is 2. The van der Waals surface area contributed by atoms with E-state index in [1.165, 1.54) is 0 Å². The van der Waals surface area contributed by atoms with E-state index in [0.717, 1.165) is 29.9 Å². The average Bonchev–Trinajstić information content (AvgIpc) is 3.11. The second-order valence-corrected chi connectivity index (χ2v) is 6.39. The molecule has 21 heavy (non-hydrogen) atoms. The Morgan fingerprint density at radius 3 is 2.67 bits per heavy atom. The van der Waals surface area contributed by atoms with Crippen LogP contribution in [-0.2, 0) is 12.7 Å². The number of halogens is 4. The van der Waals surface area contributed by atoms with Crippen molar-refractivity contribution in [3.8, 4) is 0 Å². The maximum atomic E-state index is 12.9. The van der Waals surface area contributed by atoms with Crippen LogP contribution in [0.4, 0.5) is 19.0 Å². The Morgan fingerprint density at radius 2 is 2.10 bits per heavy atom. The second kappa shape index (κ2) is 5.50. The van der Waals surface area contributed by atoms with E-state index in [0.29, 0.717) is 12.4 Å². The van der Waals surface area contributed by atoms with Crippen LogP contribution < -0.4 is 4.90 Å². The van der Waals surface area contributed by atoms with Gasteiger partial charge in [0.15, 0.2) is 0 Å². The summed E-state index contributed by atoms with van der Waals surface area (Å²) in [5.41, 5.74) is -0.755. The van der Waals surface area contributed by atoms with E-state index in [4.69, 9.17) is 11.6 Å². The zero-order valence-corrected chi connectivity index (χ0v) is 12.5. The van der Waals surface area contributed by atoms with Gasteiger partial charge < -0.3 is 4.90 Å². The fourth-order valence-corrected chi connectivity index (χ4v) is 3.05. The van der Waals surface area contributed by atoms with Gasteiger partial charge in [-0.1, -0.05) is 17.7 Å². The van der Waals surface area contributed by atoms with E-state index in [2.05, 4.69) is 4.98 Å². The molecule has 2 aromatic rings. The van der Waals surface area contributed by atoms with Gasteiger partial charge in [-0.05, 0) is 36.4 Å². The van der Waals surface area contributed by atoms with Crippen molar-refractivity contribution in [2.24, 2.45) is 0 Å². The molecule has 0 unspecified atom stereocenters. The number of rotatable bonds is 4. The Labute approximate surface area is 129 Å². The first kappa shape index (κ1) is 14.7. The highest BCUT2D eigenvalue weighted by molar-refractivity contribution is 7.09. The van der Waals surface area contributed by atoms with Crippen molar-refractivity contribution in [2.45, 2.75) is 31.6 Å². The lowest BCUT2D eigenvalue weighted by Gasteiger charge is -2.24. The molecule has 0 bridgehead atoms. The first-order chi connectivity index (χ1) is 9.93. The molecule has 2 heterocycles. The highest BCUT2D eigenvalue weighted by Gasteiger charge is 2.35. The number of thiophene rings is 1. The molecular formula is C14H12ClF3N2S. The third kappa shape index (κ3) is 3.49. The maximum absolute atomic E-state index is 12.9. The van der Waals surface area contributed by atoms with Crippen molar-refractivity contribution < 1.29 is 13.2 Å². The summed E-state index contributed by atoms with van der Waals surface area (Å²) in [6, 6.07) is 6.09. The molecule has 0 radical (unpaired) electrons. The fourth-order valence-electron chi connectivity index (χ4n) is 2.15. The minimum atomic E-state index is -4.42. The van der Waals surface area contributed by atoms with Crippen LogP contribution in [0, 0.1) is 0 Å². The molecule has 2 nitrogen and oxygen atoms in total. The predicted molar refractivity (Wildman–Crippen MR) is 77.8 cm³/mol. The van der Waals surface area contributed by atoms with Gasteiger partial charge in [-0.3, -0.25) is 0 Å². The third-order valence-electron chi connectivity index (χ3n) is 3.30. The molecule has 0 aromatic carbocycles. The zero-order chi connectivity index (χ0) is 15.0. The van der Waals surface area contributed by atoms with Crippen molar-refractivity contribution in [1.82, 2.24) is 4.98 Å². The third-order valence-corrected chi connectivity index (χ3v) is 4.35. The summed E-state index contributed by atoms with van der Waals surface area (Å²) in [5, 5.41) is 1.82. The van der Waals surface area contributed by atoms with Crippen LogP contribution in [0.1, 0.15) is 23.3 Å². The van der Waals surface area contributed by atoms with Gasteiger partial charge >= 0.3 is 6.18 Å². The molecule has 0 N–H and O–H groups in total. The van der Waals surface area contributed by atoms with Crippen molar-refractivity contribution >= 4 is 28.8 Å². The van der Waals surface area contributed by atoms with Crippen LogP contribution in [0.25, 0.3) is 0 Å². The van der Waals surface area contributed by atoms with Crippen LogP contribution >= 0.6 is 22.9 Å². The molecule has 3 rings (SSSR count). The second-order valence-electron chi connectivity index (χ2n) is 4.97. The molecule has 1 aliphatic carbocycles. The normalized spacial score (nSPS) is 15.2. The molecule has 112 valence electrons. The van der Waals surface area contributed by atoms with E-state index in [1.807, 2.05) is 22.4 Å². The topological polar surface area (TPSA) is 16.1 Å². The monoisotopic (exact) mass is 332 g/mol.